The van der Waals surface area contributed by atoms with Crippen LogP contribution < -0.4 is 0 Å². The molecular weight excluding hydrogens is 303 g/mol. The summed E-state index contributed by atoms with van der Waals surface area (Å²) >= 11 is 3.11. The molecule has 0 aromatic carbocycles. The van der Waals surface area contributed by atoms with Crippen LogP contribution in [0.4, 0.5) is 4.39 Å². The standard InChI is InChI=1S/C12H12BrFN2O2/c13-8-5-16-6-9(7-1-3-18-4-2-7)15-12(16)10(14)11(8)17/h5-7,17H,1-4H2. The number of rotatable bonds is 1. The molecule has 3 rings (SSSR count). The zero-order valence-corrected chi connectivity index (χ0v) is 11.2. The Morgan fingerprint density at radius 3 is 2.83 bits per heavy atom. The molecule has 1 aliphatic rings. The molecule has 0 atom stereocenters. The van der Waals surface area contributed by atoms with Gasteiger partial charge in [-0.25, -0.2) is 4.98 Å². The number of aromatic nitrogens is 2. The van der Waals surface area contributed by atoms with Crippen molar-refractivity contribution in [2.45, 2.75) is 18.8 Å². The number of imidazole rings is 1. The van der Waals surface area contributed by atoms with E-state index in [0.29, 0.717) is 10.4 Å². The normalized spacial score (nSPS) is 17.4. The number of hydrogen-bond acceptors (Lipinski definition) is 3. The van der Waals surface area contributed by atoms with E-state index in [-0.39, 0.29) is 5.65 Å². The van der Waals surface area contributed by atoms with Crippen LogP contribution in [0.2, 0.25) is 0 Å². The lowest BCUT2D eigenvalue weighted by Gasteiger charge is -2.19. The molecule has 0 bridgehead atoms. The fourth-order valence-corrected chi connectivity index (χ4v) is 2.65. The molecule has 1 fully saturated rings. The molecule has 0 saturated carbocycles. The van der Waals surface area contributed by atoms with Crippen molar-refractivity contribution in [3.05, 3.63) is 28.4 Å². The molecule has 2 aromatic rings. The molecule has 6 heteroatoms. The molecule has 0 spiro atoms. The van der Waals surface area contributed by atoms with Gasteiger partial charge in [0.05, 0.1) is 10.2 Å². The van der Waals surface area contributed by atoms with Gasteiger partial charge in [0.2, 0.25) is 5.82 Å². The van der Waals surface area contributed by atoms with Crippen LogP contribution in [0.15, 0.2) is 16.9 Å². The molecule has 3 heterocycles. The van der Waals surface area contributed by atoms with Gasteiger partial charge in [-0.3, -0.25) is 0 Å². The lowest BCUT2D eigenvalue weighted by Crippen LogP contribution is -2.14. The minimum atomic E-state index is -0.692. The number of ether oxygens (including phenoxy) is 1. The number of hydrogen-bond donors (Lipinski definition) is 1. The zero-order chi connectivity index (χ0) is 12.7. The van der Waals surface area contributed by atoms with E-state index in [1.54, 1.807) is 10.6 Å². The summed E-state index contributed by atoms with van der Waals surface area (Å²) in [5.41, 5.74) is 1.02. The highest BCUT2D eigenvalue weighted by molar-refractivity contribution is 9.10. The summed E-state index contributed by atoms with van der Waals surface area (Å²) in [5.74, 6) is -0.784. The molecule has 2 aromatic heterocycles. The lowest BCUT2D eigenvalue weighted by atomic mass is 9.97. The number of aromatic hydroxyl groups is 1. The SMILES string of the molecule is Oc1c(Br)cn2cc(C3CCOCC3)nc2c1F. The zero-order valence-electron chi connectivity index (χ0n) is 9.57. The summed E-state index contributed by atoms with van der Waals surface area (Å²) in [4.78, 5) is 4.29. The highest BCUT2D eigenvalue weighted by Gasteiger charge is 2.21. The Balaban J connectivity index is 2.07. The number of fused-ring (bicyclic) bond motifs is 1. The second-order valence-corrected chi connectivity index (χ2v) is 5.28. The molecule has 0 unspecified atom stereocenters. The molecule has 96 valence electrons. The van der Waals surface area contributed by atoms with Crippen LogP contribution >= 0.6 is 15.9 Å². The molecule has 1 saturated heterocycles. The van der Waals surface area contributed by atoms with Crippen LogP contribution in [-0.4, -0.2) is 27.7 Å². The third kappa shape index (κ3) is 1.89. The van der Waals surface area contributed by atoms with E-state index in [4.69, 9.17) is 4.74 Å². The molecule has 1 N–H and O–H groups in total. The van der Waals surface area contributed by atoms with Crippen LogP contribution in [0.3, 0.4) is 0 Å². The predicted molar refractivity (Wildman–Crippen MR) is 67.3 cm³/mol. The van der Waals surface area contributed by atoms with E-state index < -0.39 is 11.6 Å². The summed E-state index contributed by atoms with van der Waals surface area (Å²) in [6.45, 7) is 1.44. The Morgan fingerprint density at radius 1 is 1.39 bits per heavy atom. The Bertz CT molecular complexity index is 593. The first-order valence-electron chi connectivity index (χ1n) is 5.80. The Hall–Kier alpha value is -1.14. The summed E-state index contributed by atoms with van der Waals surface area (Å²) in [6.07, 6.45) is 5.24. The van der Waals surface area contributed by atoms with Crippen molar-refractivity contribution in [2.75, 3.05) is 13.2 Å². The van der Waals surface area contributed by atoms with Crippen molar-refractivity contribution in [1.82, 2.24) is 9.38 Å². The van der Waals surface area contributed by atoms with E-state index >= 15 is 0 Å². The summed E-state index contributed by atoms with van der Waals surface area (Å²) in [5, 5.41) is 9.53. The van der Waals surface area contributed by atoms with Gasteiger partial charge in [-0.2, -0.15) is 4.39 Å². The number of pyridine rings is 1. The van der Waals surface area contributed by atoms with E-state index in [0.717, 1.165) is 31.7 Å². The number of nitrogens with zero attached hydrogens (tertiary/aromatic N) is 2. The summed E-state index contributed by atoms with van der Waals surface area (Å²) < 4.78 is 21.1. The molecule has 1 aliphatic heterocycles. The molecule has 18 heavy (non-hydrogen) atoms. The van der Waals surface area contributed by atoms with Gasteiger partial charge in [0.1, 0.15) is 0 Å². The van der Waals surface area contributed by atoms with Gasteiger partial charge < -0.3 is 14.2 Å². The topological polar surface area (TPSA) is 46.8 Å². The minimum absolute atomic E-state index is 0.164. The van der Waals surface area contributed by atoms with E-state index in [1.807, 2.05) is 6.20 Å². The molecule has 0 amide bonds. The van der Waals surface area contributed by atoms with Gasteiger partial charge in [-0.1, -0.05) is 0 Å². The quantitative estimate of drug-likeness (QED) is 0.880. The molecule has 0 radical (unpaired) electrons. The first kappa shape index (κ1) is 11.9. The molecular formula is C12H12BrFN2O2. The van der Waals surface area contributed by atoms with E-state index in [1.165, 1.54) is 0 Å². The van der Waals surface area contributed by atoms with E-state index in [2.05, 4.69) is 20.9 Å². The van der Waals surface area contributed by atoms with Crippen LogP contribution in [0.1, 0.15) is 24.5 Å². The van der Waals surface area contributed by atoms with Crippen molar-refractivity contribution in [1.29, 1.82) is 0 Å². The largest absolute Gasteiger partial charge is 0.504 e. The predicted octanol–water partition coefficient (Wildman–Crippen LogP) is 2.84. The third-order valence-electron chi connectivity index (χ3n) is 3.27. The second-order valence-electron chi connectivity index (χ2n) is 4.42. The third-order valence-corrected chi connectivity index (χ3v) is 3.85. The first-order chi connectivity index (χ1) is 8.66. The van der Waals surface area contributed by atoms with Crippen molar-refractivity contribution in [2.24, 2.45) is 0 Å². The first-order valence-corrected chi connectivity index (χ1v) is 6.59. The van der Waals surface area contributed by atoms with Crippen molar-refractivity contribution in [3.63, 3.8) is 0 Å². The van der Waals surface area contributed by atoms with Gasteiger partial charge in [0, 0.05) is 31.5 Å². The minimum Gasteiger partial charge on any atom is -0.504 e. The van der Waals surface area contributed by atoms with Gasteiger partial charge in [0.15, 0.2) is 11.4 Å². The summed E-state index contributed by atoms with van der Waals surface area (Å²) in [7, 11) is 0. The summed E-state index contributed by atoms with van der Waals surface area (Å²) in [6, 6.07) is 0. The maximum Gasteiger partial charge on any atom is 0.209 e. The van der Waals surface area contributed by atoms with Crippen molar-refractivity contribution in [3.8, 4) is 5.75 Å². The van der Waals surface area contributed by atoms with Gasteiger partial charge in [0.25, 0.3) is 0 Å². The Morgan fingerprint density at radius 2 is 2.11 bits per heavy atom. The highest BCUT2D eigenvalue weighted by Crippen LogP contribution is 2.32. The lowest BCUT2D eigenvalue weighted by molar-refractivity contribution is 0.0846. The smallest absolute Gasteiger partial charge is 0.209 e. The fraction of sp³-hybridized carbons (Fsp3) is 0.417. The van der Waals surface area contributed by atoms with Crippen LogP contribution in [-0.2, 0) is 4.74 Å². The van der Waals surface area contributed by atoms with E-state index in [9.17, 15) is 9.50 Å². The average molecular weight is 315 g/mol. The average Bonchev–Trinajstić information content (AvgIpc) is 2.81. The Kier molecular flexibility index (Phi) is 2.99. The van der Waals surface area contributed by atoms with Crippen LogP contribution in [0, 0.1) is 5.82 Å². The van der Waals surface area contributed by atoms with Gasteiger partial charge in [-0.15, -0.1) is 0 Å². The van der Waals surface area contributed by atoms with Crippen LogP contribution in [0.25, 0.3) is 5.65 Å². The second kappa shape index (κ2) is 4.51. The van der Waals surface area contributed by atoms with Crippen molar-refractivity contribution < 1.29 is 14.2 Å². The Labute approximate surface area is 112 Å². The molecule has 0 aliphatic carbocycles. The van der Waals surface area contributed by atoms with Gasteiger partial charge >= 0.3 is 0 Å². The fourth-order valence-electron chi connectivity index (χ4n) is 2.26. The van der Waals surface area contributed by atoms with Crippen LogP contribution in [0.5, 0.6) is 5.75 Å². The maximum absolute atomic E-state index is 13.9. The number of halogens is 2. The van der Waals surface area contributed by atoms with Gasteiger partial charge in [-0.05, 0) is 28.8 Å². The monoisotopic (exact) mass is 314 g/mol. The molecule has 4 nitrogen and oxygen atoms in total. The maximum atomic E-state index is 13.9. The highest BCUT2D eigenvalue weighted by atomic mass is 79.9. The van der Waals surface area contributed by atoms with Crippen molar-refractivity contribution >= 4 is 21.6 Å².